The molecule has 4 nitrogen and oxygen atoms in total. The van der Waals surface area contributed by atoms with E-state index >= 15 is 0 Å². The molecule has 1 heterocycles. The maximum Gasteiger partial charge on any atom is 0.356 e. The van der Waals surface area contributed by atoms with E-state index in [0.717, 1.165) is 6.07 Å². The van der Waals surface area contributed by atoms with Gasteiger partial charge in [0.1, 0.15) is 17.3 Å². The Kier molecular flexibility index (Phi) is 4.28. The van der Waals surface area contributed by atoms with Crippen molar-refractivity contribution in [3.05, 3.63) is 43.9 Å². The Bertz CT molecular complexity index is 771. The quantitative estimate of drug-likeness (QED) is 0.565. The Morgan fingerprint density at radius 2 is 1.90 bits per heavy atom. The number of nitrogen functional groups attached to an aromatic ring is 1. The molecular formula is C12H5ClF3IN2O2. The van der Waals surface area contributed by atoms with Gasteiger partial charge in [-0.2, -0.15) is 0 Å². The number of hydrogen-bond acceptors (Lipinski definition) is 3. The van der Waals surface area contributed by atoms with E-state index in [1.165, 1.54) is 0 Å². The second-order valence-corrected chi connectivity index (χ2v) is 5.44. The zero-order valence-corrected chi connectivity index (χ0v) is 12.8. The Hall–Kier alpha value is -1.55. The largest absolute Gasteiger partial charge is 0.476 e. The molecule has 0 aliphatic carbocycles. The smallest absolute Gasteiger partial charge is 0.356 e. The van der Waals surface area contributed by atoms with Gasteiger partial charge in [-0.15, -0.1) is 0 Å². The fraction of sp³-hybridized carbons (Fsp3) is 0. The highest BCUT2D eigenvalue weighted by Gasteiger charge is 2.24. The van der Waals surface area contributed by atoms with Crippen LogP contribution in [-0.4, -0.2) is 16.1 Å². The highest BCUT2D eigenvalue weighted by molar-refractivity contribution is 14.1. The minimum Gasteiger partial charge on any atom is -0.476 e. The molecule has 0 aliphatic heterocycles. The average Bonchev–Trinajstić information content (AvgIpc) is 2.41. The lowest BCUT2D eigenvalue weighted by Crippen LogP contribution is -2.09. The minimum absolute atomic E-state index is 0.0188. The summed E-state index contributed by atoms with van der Waals surface area (Å²) in [6.45, 7) is 0. The molecule has 0 aliphatic rings. The van der Waals surface area contributed by atoms with Crippen molar-refractivity contribution in [2.24, 2.45) is 0 Å². The molecule has 0 unspecified atom stereocenters. The van der Waals surface area contributed by atoms with Crippen LogP contribution in [0.5, 0.6) is 0 Å². The highest BCUT2D eigenvalue weighted by atomic mass is 127. The maximum atomic E-state index is 14.0. The van der Waals surface area contributed by atoms with Crippen molar-refractivity contribution in [3.63, 3.8) is 0 Å². The predicted octanol–water partition coefficient (Wildman–Crippen LogP) is 3.70. The normalized spacial score (nSPS) is 10.7. The molecule has 1 aromatic heterocycles. The highest BCUT2D eigenvalue weighted by Crippen LogP contribution is 2.34. The third-order valence-corrected chi connectivity index (χ3v) is 3.79. The summed E-state index contributed by atoms with van der Waals surface area (Å²) in [7, 11) is 0. The lowest BCUT2D eigenvalue weighted by Gasteiger charge is -2.10. The van der Waals surface area contributed by atoms with Crippen LogP contribution in [0.3, 0.4) is 0 Å². The van der Waals surface area contributed by atoms with E-state index in [9.17, 15) is 18.0 Å². The summed E-state index contributed by atoms with van der Waals surface area (Å²) in [6.07, 6.45) is 0. The summed E-state index contributed by atoms with van der Waals surface area (Å²) in [5, 5.41) is 8.32. The van der Waals surface area contributed by atoms with Gasteiger partial charge in [-0.1, -0.05) is 11.6 Å². The van der Waals surface area contributed by atoms with Gasteiger partial charge in [0.15, 0.2) is 11.5 Å². The van der Waals surface area contributed by atoms with Gasteiger partial charge in [-0.05, 0) is 34.7 Å². The van der Waals surface area contributed by atoms with Crippen molar-refractivity contribution in [1.29, 1.82) is 0 Å². The van der Waals surface area contributed by atoms with Crippen LogP contribution in [0.1, 0.15) is 10.5 Å². The summed E-state index contributed by atoms with van der Waals surface area (Å²) >= 11 is 7.13. The van der Waals surface area contributed by atoms with Crippen molar-refractivity contribution < 1.29 is 23.1 Å². The van der Waals surface area contributed by atoms with Crippen molar-refractivity contribution in [2.75, 3.05) is 5.73 Å². The second-order valence-electron chi connectivity index (χ2n) is 3.90. The topological polar surface area (TPSA) is 76.2 Å². The standard InChI is InChI=1S/C12H5ClF3IN2O2/c13-7-9(18)8(16)10(19-11(7)12(20)21)3-1-5(15)6(17)2-4(3)14/h1-2H,(H2,18,19)(H,20,21). The molecule has 21 heavy (non-hydrogen) atoms. The molecular weight excluding hydrogens is 423 g/mol. The van der Waals surface area contributed by atoms with Gasteiger partial charge in [0.2, 0.25) is 0 Å². The first-order chi connectivity index (χ1) is 9.73. The molecule has 0 saturated carbocycles. The molecule has 0 amide bonds. The molecule has 0 atom stereocenters. The van der Waals surface area contributed by atoms with Crippen LogP contribution in [0.2, 0.25) is 5.02 Å². The lowest BCUT2D eigenvalue weighted by molar-refractivity contribution is 0.0691. The number of rotatable bonds is 2. The van der Waals surface area contributed by atoms with E-state index in [1.54, 1.807) is 22.6 Å². The minimum atomic E-state index is -1.57. The van der Waals surface area contributed by atoms with Crippen LogP contribution in [0.25, 0.3) is 11.3 Å². The van der Waals surface area contributed by atoms with Gasteiger partial charge in [-0.25, -0.2) is 22.9 Å². The van der Waals surface area contributed by atoms with Crippen LogP contribution < -0.4 is 5.73 Å². The van der Waals surface area contributed by atoms with E-state index in [-0.39, 0.29) is 3.57 Å². The zero-order valence-electron chi connectivity index (χ0n) is 9.92. The zero-order chi connectivity index (χ0) is 15.9. The molecule has 2 rings (SSSR count). The number of carboxylic acids is 1. The molecule has 1 aromatic carbocycles. The Morgan fingerprint density at radius 1 is 1.29 bits per heavy atom. The number of anilines is 1. The monoisotopic (exact) mass is 428 g/mol. The molecule has 0 bridgehead atoms. The molecule has 0 fully saturated rings. The summed E-state index contributed by atoms with van der Waals surface area (Å²) in [4.78, 5) is 14.4. The fourth-order valence-electron chi connectivity index (χ4n) is 1.59. The average molecular weight is 429 g/mol. The fourth-order valence-corrected chi connectivity index (χ4v) is 2.22. The number of pyridine rings is 1. The Morgan fingerprint density at radius 3 is 2.48 bits per heavy atom. The lowest BCUT2D eigenvalue weighted by atomic mass is 10.1. The van der Waals surface area contributed by atoms with Gasteiger partial charge >= 0.3 is 5.97 Å². The van der Waals surface area contributed by atoms with E-state index < -0.39 is 51.1 Å². The molecule has 110 valence electrons. The first-order valence-corrected chi connectivity index (χ1v) is 6.72. The summed E-state index contributed by atoms with van der Waals surface area (Å²) in [5.41, 5.74) is 2.64. The molecule has 9 heteroatoms. The van der Waals surface area contributed by atoms with Gasteiger partial charge in [-0.3, -0.25) is 0 Å². The van der Waals surface area contributed by atoms with Gasteiger partial charge in [0.25, 0.3) is 0 Å². The van der Waals surface area contributed by atoms with E-state index in [1.807, 2.05) is 0 Å². The van der Waals surface area contributed by atoms with Crippen LogP contribution in [-0.2, 0) is 0 Å². The number of aromatic carboxylic acids is 1. The predicted molar refractivity (Wildman–Crippen MR) is 78.6 cm³/mol. The van der Waals surface area contributed by atoms with Gasteiger partial charge in [0, 0.05) is 5.56 Å². The number of hydrogen-bond donors (Lipinski definition) is 2. The van der Waals surface area contributed by atoms with E-state index in [2.05, 4.69) is 4.98 Å². The van der Waals surface area contributed by atoms with Crippen LogP contribution >= 0.6 is 34.2 Å². The van der Waals surface area contributed by atoms with Crippen LogP contribution in [0.15, 0.2) is 12.1 Å². The number of carboxylic acid groups (broad SMARTS) is 1. The SMILES string of the molecule is Nc1c(F)c(-c2cc(F)c(I)cc2F)nc(C(=O)O)c1Cl. The first-order valence-electron chi connectivity index (χ1n) is 5.26. The third kappa shape index (κ3) is 2.77. The van der Waals surface area contributed by atoms with Crippen molar-refractivity contribution >= 4 is 45.8 Å². The Balaban J connectivity index is 2.81. The summed E-state index contributed by atoms with van der Waals surface area (Å²) in [6, 6.07) is 1.54. The van der Waals surface area contributed by atoms with Crippen LogP contribution in [0.4, 0.5) is 18.9 Å². The number of carbonyl (C=O) groups is 1. The molecule has 0 saturated heterocycles. The van der Waals surface area contributed by atoms with Gasteiger partial charge in [0.05, 0.1) is 14.3 Å². The number of benzene rings is 1. The second kappa shape index (κ2) is 5.68. The first kappa shape index (κ1) is 15.8. The summed E-state index contributed by atoms with van der Waals surface area (Å²) in [5.74, 6) is -4.56. The number of halogens is 5. The number of nitrogens with two attached hydrogens (primary N) is 1. The maximum absolute atomic E-state index is 14.0. The molecule has 0 spiro atoms. The molecule has 3 N–H and O–H groups in total. The van der Waals surface area contributed by atoms with Crippen molar-refractivity contribution in [1.82, 2.24) is 4.98 Å². The Labute approximate surface area is 134 Å². The summed E-state index contributed by atoms with van der Waals surface area (Å²) < 4.78 is 41.4. The number of nitrogens with zero attached hydrogens (tertiary/aromatic N) is 1. The van der Waals surface area contributed by atoms with Crippen molar-refractivity contribution in [3.8, 4) is 11.3 Å². The van der Waals surface area contributed by atoms with Crippen LogP contribution in [0, 0.1) is 21.0 Å². The van der Waals surface area contributed by atoms with Crippen molar-refractivity contribution in [2.45, 2.75) is 0 Å². The van der Waals surface area contributed by atoms with E-state index in [0.29, 0.717) is 6.07 Å². The van der Waals surface area contributed by atoms with E-state index in [4.69, 9.17) is 22.4 Å². The number of aromatic nitrogens is 1. The molecule has 2 aromatic rings. The molecule has 0 radical (unpaired) electrons. The third-order valence-electron chi connectivity index (χ3n) is 2.58. The van der Waals surface area contributed by atoms with Gasteiger partial charge < -0.3 is 10.8 Å².